The summed E-state index contributed by atoms with van der Waals surface area (Å²) in [5, 5.41) is 7.79. The molecule has 2 aliphatic heterocycles. The molecular formula is C34H41F3N8O3. The highest BCUT2D eigenvalue weighted by Crippen LogP contribution is 2.49. The van der Waals surface area contributed by atoms with E-state index in [2.05, 4.69) is 20.4 Å². The Hall–Kier alpha value is -4.43. The Morgan fingerprint density at radius 1 is 1.17 bits per heavy atom. The second-order valence-corrected chi connectivity index (χ2v) is 12.9. The number of nitrogen functional groups attached to an aromatic ring is 1. The number of nitrogens with two attached hydrogens (primary N) is 2. The fraction of sp³-hybridized carbons (Fsp3) is 0.471. The lowest BCUT2D eigenvalue weighted by Gasteiger charge is -2.44. The number of allylic oxidation sites excluding steroid dienone is 3. The molecular weight excluding hydrogens is 625 g/mol. The monoisotopic (exact) mass is 666 g/mol. The number of piperidine rings is 1. The number of hydrogen-bond acceptors (Lipinski definition) is 10. The molecule has 0 saturated carbocycles. The number of alkyl halides is 3. The summed E-state index contributed by atoms with van der Waals surface area (Å²) >= 11 is 0. The fourth-order valence-electron chi connectivity index (χ4n) is 7.17. The van der Waals surface area contributed by atoms with Crippen molar-refractivity contribution >= 4 is 23.3 Å². The Labute approximate surface area is 277 Å². The molecule has 0 amide bonds. The average molecular weight is 667 g/mol. The van der Waals surface area contributed by atoms with Crippen LogP contribution in [0.15, 0.2) is 66.9 Å². The summed E-state index contributed by atoms with van der Waals surface area (Å²) in [5.41, 5.74) is 12.7. The second kappa shape index (κ2) is 13.2. The van der Waals surface area contributed by atoms with Gasteiger partial charge in [0, 0.05) is 38.4 Å². The fourth-order valence-corrected chi connectivity index (χ4v) is 7.17. The van der Waals surface area contributed by atoms with E-state index < -0.39 is 30.3 Å². The minimum Gasteiger partial charge on any atom is -0.465 e. The predicted molar refractivity (Wildman–Crippen MR) is 175 cm³/mol. The van der Waals surface area contributed by atoms with Gasteiger partial charge in [-0.25, -0.2) is 0 Å². The van der Waals surface area contributed by atoms with Crippen LogP contribution in [0.4, 0.5) is 24.9 Å². The number of aryl methyl sites for hydroxylation is 1. The Kier molecular flexibility index (Phi) is 9.22. The van der Waals surface area contributed by atoms with E-state index in [-0.39, 0.29) is 29.3 Å². The molecule has 1 aromatic carbocycles. The normalized spacial score (nSPS) is 24.4. The van der Waals surface area contributed by atoms with E-state index in [0.29, 0.717) is 44.2 Å². The zero-order valence-corrected chi connectivity index (χ0v) is 27.0. The molecule has 1 aliphatic carbocycles. The number of hydrogen-bond donors (Lipinski definition) is 3. The molecule has 14 heteroatoms. The number of anilines is 2. The predicted octanol–water partition coefficient (Wildman–Crippen LogP) is 4.22. The Morgan fingerprint density at radius 2 is 1.92 bits per heavy atom. The van der Waals surface area contributed by atoms with Gasteiger partial charge in [-0.1, -0.05) is 48.6 Å². The summed E-state index contributed by atoms with van der Waals surface area (Å²) in [5.74, 6) is -0.395. The van der Waals surface area contributed by atoms with E-state index in [1.54, 1.807) is 38.3 Å². The highest BCUT2D eigenvalue weighted by molar-refractivity contribution is 5.76. The van der Waals surface area contributed by atoms with Gasteiger partial charge in [-0.15, -0.1) is 0 Å². The van der Waals surface area contributed by atoms with Crippen molar-refractivity contribution in [3.8, 4) is 5.88 Å². The summed E-state index contributed by atoms with van der Waals surface area (Å²) < 4.78 is 58.2. The van der Waals surface area contributed by atoms with E-state index in [4.69, 9.17) is 20.9 Å². The molecule has 2 fully saturated rings. The molecule has 11 nitrogen and oxygen atoms in total. The van der Waals surface area contributed by atoms with Crippen LogP contribution in [0.25, 0.3) is 5.57 Å². The first-order valence-electron chi connectivity index (χ1n) is 16.2. The molecule has 256 valence electrons. The number of ether oxygens (including phenoxy) is 2. The molecule has 4 heterocycles. The minimum atomic E-state index is -4.86. The summed E-state index contributed by atoms with van der Waals surface area (Å²) in [6, 6.07) is 11.2. The van der Waals surface area contributed by atoms with Gasteiger partial charge < -0.3 is 31.2 Å². The van der Waals surface area contributed by atoms with Crippen LogP contribution in [0.5, 0.6) is 5.88 Å². The van der Waals surface area contributed by atoms with Gasteiger partial charge in [-0.05, 0) is 55.7 Å². The first-order chi connectivity index (χ1) is 22.9. The van der Waals surface area contributed by atoms with Crippen LogP contribution in [0.3, 0.4) is 0 Å². The number of carbonyl (C=O) groups excluding carboxylic acids is 1. The Balaban J connectivity index is 1.28. The molecule has 4 atom stereocenters. The third kappa shape index (κ3) is 6.63. The quantitative estimate of drug-likeness (QED) is 0.284. The van der Waals surface area contributed by atoms with Crippen molar-refractivity contribution in [3.05, 3.63) is 78.1 Å². The van der Waals surface area contributed by atoms with Crippen molar-refractivity contribution in [2.75, 3.05) is 43.4 Å². The van der Waals surface area contributed by atoms with Crippen molar-refractivity contribution in [2.45, 2.75) is 57.5 Å². The van der Waals surface area contributed by atoms with E-state index in [1.165, 1.54) is 16.8 Å². The van der Waals surface area contributed by atoms with Crippen LogP contribution >= 0.6 is 0 Å². The maximum atomic E-state index is 15.2. The molecule has 2 aromatic heterocycles. The molecule has 2 unspecified atom stereocenters. The average Bonchev–Trinajstić information content (AvgIpc) is 3.70. The molecule has 3 aromatic rings. The van der Waals surface area contributed by atoms with Gasteiger partial charge in [-0.2, -0.15) is 28.2 Å². The molecule has 0 bridgehead atoms. The molecule has 1 spiro atoms. The maximum Gasteiger partial charge on any atom is 0.426 e. The zero-order chi connectivity index (χ0) is 34.1. The second-order valence-electron chi connectivity index (χ2n) is 12.9. The first-order valence-corrected chi connectivity index (χ1v) is 16.2. The third-order valence-corrected chi connectivity index (χ3v) is 9.76. The number of halogens is 3. The van der Waals surface area contributed by atoms with Crippen molar-refractivity contribution in [2.24, 2.45) is 16.6 Å². The lowest BCUT2D eigenvalue weighted by molar-refractivity contribution is -0.226. The molecule has 5 N–H and O–H groups in total. The number of benzene rings is 1. The van der Waals surface area contributed by atoms with Gasteiger partial charge in [0.25, 0.3) is 0 Å². The number of rotatable bonds is 9. The van der Waals surface area contributed by atoms with Gasteiger partial charge >= 0.3 is 12.1 Å². The van der Waals surface area contributed by atoms with Crippen LogP contribution in [0.1, 0.15) is 43.5 Å². The molecule has 0 radical (unpaired) electrons. The minimum absolute atomic E-state index is 0.0833. The van der Waals surface area contributed by atoms with Crippen LogP contribution < -0.4 is 26.4 Å². The number of aromatic nitrogens is 4. The number of carbonyl (C=O) groups is 1. The van der Waals surface area contributed by atoms with E-state index in [0.717, 1.165) is 24.0 Å². The van der Waals surface area contributed by atoms with Crippen LogP contribution in [0, 0.1) is 17.8 Å². The van der Waals surface area contributed by atoms with Crippen molar-refractivity contribution in [1.82, 2.24) is 25.1 Å². The Morgan fingerprint density at radius 3 is 2.56 bits per heavy atom. The Bertz CT molecular complexity index is 1670. The van der Waals surface area contributed by atoms with Gasteiger partial charge in [0.1, 0.15) is 11.9 Å². The van der Waals surface area contributed by atoms with Gasteiger partial charge in [0.05, 0.1) is 23.8 Å². The third-order valence-electron chi connectivity index (χ3n) is 9.76. The lowest BCUT2D eigenvalue weighted by Crippen LogP contribution is -2.56. The van der Waals surface area contributed by atoms with Crippen molar-refractivity contribution in [1.29, 1.82) is 0 Å². The highest BCUT2D eigenvalue weighted by Gasteiger charge is 2.59. The highest BCUT2D eigenvalue weighted by atomic mass is 19.4. The van der Waals surface area contributed by atoms with Gasteiger partial charge in [0.2, 0.25) is 17.9 Å². The maximum absolute atomic E-state index is 15.2. The van der Waals surface area contributed by atoms with Gasteiger partial charge in [-0.3, -0.25) is 9.48 Å². The molecule has 48 heavy (non-hydrogen) atoms. The lowest BCUT2D eigenvalue weighted by atomic mass is 9.70. The molecule has 2 saturated heterocycles. The van der Waals surface area contributed by atoms with E-state index in [1.807, 2.05) is 35.2 Å². The smallest absolute Gasteiger partial charge is 0.426 e. The number of nitrogens with zero attached hydrogens (tertiary/aromatic N) is 5. The summed E-state index contributed by atoms with van der Waals surface area (Å²) in [6.45, 7) is 5.29. The van der Waals surface area contributed by atoms with Crippen LogP contribution in [-0.4, -0.2) is 76.8 Å². The molecule has 3 aliphatic rings. The zero-order valence-electron chi connectivity index (χ0n) is 27.0. The molecule has 6 rings (SSSR count). The van der Waals surface area contributed by atoms with Gasteiger partial charge in [0.15, 0.2) is 0 Å². The standard InChI is InChI=1S/C34H41F3N8O3/c1-3-47-29(46)25-19-32(21-40-25)12-15-44(16-13-32)27-18-28(42-31(39)41-27)48-30(34(35,36)37)33(20-38)11-9-24(23-7-5-4-6-8-23)17-26(33)45-14-10-22(2)43-45/h4-11,14,17-18,25-26,30,40H,3,12-13,15-16,19-21,38H2,1-2H3,(H2,39,41,42)/t25-,26?,30+,33?/m0/s1. The van der Waals surface area contributed by atoms with Crippen LogP contribution in [0.2, 0.25) is 0 Å². The van der Waals surface area contributed by atoms with E-state index >= 15 is 13.2 Å². The van der Waals surface area contributed by atoms with Crippen LogP contribution in [-0.2, 0) is 9.53 Å². The number of nitrogens with one attached hydrogen (secondary N) is 1. The van der Waals surface area contributed by atoms with E-state index in [9.17, 15) is 4.79 Å². The van der Waals surface area contributed by atoms with Crippen molar-refractivity contribution in [3.63, 3.8) is 0 Å². The summed E-state index contributed by atoms with van der Waals surface area (Å²) in [4.78, 5) is 22.7. The number of esters is 1. The topological polar surface area (TPSA) is 146 Å². The summed E-state index contributed by atoms with van der Waals surface area (Å²) in [7, 11) is 0. The SMILES string of the molecule is CCOC(=O)[C@@H]1CC2(CCN(c3cc(O[C@@H](C(F)(F)F)C4(CN)C=CC(c5ccccc5)=CC4n4ccc(C)n4)nc(N)n3)CC2)CN1. The largest absolute Gasteiger partial charge is 0.465 e. The summed E-state index contributed by atoms with van der Waals surface area (Å²) in [6.07, 6.45) is 1.45. The first kappa shape index (κ1) is 33.5. The van der Waals surface area contributed by atoms with Crippen molar-refractivity contribution < 1.29 is 27.4 Å².